The second-order valence-electron chi connectivity index (χ2n) is 4.25. The molecule has 0 saturated carbocycles. The Bertz CT molecular complexity index is 468. The van der Waals surface area contributed by atoms with E-state index in [1.54, 1.807) is 12.1 Å². The molecule has 1 heterocycles. The summed E-state index contributed by atoms with van der Waals surface area (Å²) in [5.74, 6) is 0.337. The van der Waals surface area contributed by atoms with Gasteiger partial charge in [0.25, 0.3) is 0 Å². The number of hydrogen-bond donors (Lipinski definition) is 1. The van der Waals surface area contributed by atoms with Crippen LogP contribution in [0, 0.1) is 6.92 Å². The minimum absolute atomic E-state index is 0.0728. The summed E-state index contributed by atoms with van der Waals surface area (Å²) in [6.45, 7) is 3.77. The summed E-state index contributed by atoms with van der Waals surface area (Å²) in [5.41, 5.74) is 1.56. The Hall–Kier alpha value is -1.84. The highest BCUT2D eigenvalue weighted by molar-refractivity contribution is 6.04. The quantitative estimate of drug-likeness (QED) is 0.799. The summed E-state index contributed by atoms with van der Waals surface area (Å²) < 4.78 is 5.51. The number of benzene rings is 1. The minimum atomic E-state index is -0.476. The lowest BCUT2D eigenvalue weighted by Gasteiger charge is -2.13. The molecular weight excluding hydrogens is 218 g/mol. The van der Waals surface area contributed by atoms with E-state index in [0.717, 1.165) is 5.56 Å². The van der Waals surface area contributed by atoms with E-state index in [-0.39, 0.29) is 11.7 Å². The summed E-state index contributed by atoms with van der Waals surface area (Å²) >= 11 is 0. The Morgan fingerprint density at radius 3 is 2.94 bits per heavy atom. The van der Waals surface area contributed by atoms with Gasteiger partial charge in [-0.15, -0.1) is 0 Å². The molecule has 1 aliphatic rings. The van der Waals surface area contributed by atoms with Crippen LogP contribution >= 0.6 is 0 Å². The standard InChI is InChI=1S/C13H15NO3/c1-8-3-4-12-10(7-8)13(16)11(5-6-17-12)14-9(2)15/h3-4,7,11H,5-6H2,1-2H3,(H,14,15). The van der Waals surface area contributed by atoms with Crippen LogP contribution in [0.2, 0.25) is 0 Å². The van der Waals surface area contributed by atoms with E-state index in [1.807, 2.05) is 13.0 Å². The van der Waals surface area contributed by atoms with E-state index in [1.165, 1.54) is 6.92 Å². The third-order valence-corrected chi connectivity index (χ3v) is 2.76. The van der Waals surface area contributed by atoms with Gasteiger partial charge < -0.3 is 10.1 Å². The van der Waals surface area contributed by atoms with Gasteiger partial charge in [-0.1, -0.05) is 11.6 Å². The van der Waals surface area contributed by atoms with E-state index >= 15 is 0 Å². The van der Waals surface area contributed by atoms with Gasteiger partial charge in [0.2, 0.25) is 5.91 Å². The SMILES string of the molecule is CC(=O)NC1CCOc2ccc(C)cc2C1=O. The van der Waals surface area contributed by atoms with Crippen molar-refractivity contribution in [2.24, 2.45) is 0 Å². The van der Waals surface area contributed by atoms with Gasteiger partial charge >= 0.3 is 0 Å². The maximum absolute atomic E-state index is 12.2. The number of amides is 1. The molecule has 2 rings (SSSR count). The van der Waals surface area contributed by atoms with E-state index in [9.17, 15) is 9.59 Å². The van der Waals surface area contributed by atoms with Crippen LogP contribution in [0.1, 0.15) is 29.3 Å². The Morgan fingerprint density at radius 1 is 1.47 bits per heavy atom. The van der Waals surface area contributed by atoms with Crippen LogP contribution in [0.3, 0.4) is 0 Å². The van der Waals surface area contributed by atoms with Crippen molar-refractivity contribution in [2.75, 3.05) is 6.61 Å². The largest absolute Gasteiger partial charge is 0.493 e. The van der Waals surface area contributed by atoms with Crippen molar-refractivity contribution in [1.29, 1.82) is 0 Å². The smallest absolute Gasteiger partial charge is 0.217 e. The van der Waals surface area contributed by atoms with Gasteiger partial charge in [-0.25, -0.2) is 0 Å². The number of nitrogens with one attached hydrogen (secondary N) is 1. The Morgan fingerprint density at radius 2 is 2.24 bits per heavy atom. The molecule has 0 radical (unpaired) electrons. The van der Waals surface area contributed by atoms with Crippen LogP contribution in [-0.2, 0) is 4.79 Å². The zero-order chi connectivity index (χ0) is 12.4. The number of hydrogen-bond acceptors (Lipinski definition) is 3. The highest BCUT2D eigenvalue weighted by Gasteiger charge is 2.26. The van der Waals surface area contributed by atoms with Gasteiger partial charge in [0.05, 0.1) is 18.2 Å². The average molecular weight is 233 g/mol. The van der Waals surface area contributed by atoms with Crippen molar-refractivity contribution in [3.8, 4) is 5.75 Å². The van der Waals surface area contributed by atoms with Gasteiger partial charge in [-0.2, -0.15) is 0 Å². The predicted molar refractivity (Wildman–Crippen MR) is 63.2 cm³/mol. The maximum Gasteiger partial charge on any atom is 0.217 e. The monoisotopic (exact) mass is 233 g/mol. The third-order valence-electron chi connectivity index (χ3n) is 2.76. The Kier molecular flexibility index (Phi) is 3.13. The van der Waals surface area contributed by atoms with Crippen molar-refractivity contribution >= 4 is 11.7 Å². The molecule has 1 unspecified atom stereocenters. The van der Waals surface area contributed by atoms with Crippen LogP contribution in [0.5, 0.6) is 5.75 Å². The van der Waals surface area contributed by atoms with Crippen LogP contribution in [0.15, 0.2) is 18.2 Å². The molecule has 1 atom stereocenters. The first-order valence-electron chi connectivity index (χ1n) is 5.62. The highest BCUT2D eigenvalue weighted by Crippen LogP contribution is 2.25. The molecule has 0 saturated heterocycles. The molecule has 1 aromatic carbocycles. The number of Topliss-reactive ketones (excluding diaryl/α,β-unsaturated/α-hetero) is 1. The van der Waals surface area contributed by atoms with Crippen molar-refractivity contribution < 1.29 is 14.3 Å². The molecule has 1 aromatic rings. The second-order valence-corrected chi connectivity index (χ2v) is 4.25. The van der Waals surface area contributed by atoms with Gasteiger partial charge in [0.15, 0.2) is 5.78 Å². The number of carbonyl (C=O) groups excluding carboxylic acids is 2. The number of aryl methyl sites for hydroxylation is 1. The van der Waals surface area contributed by atoms with Crippen LogP contribution in [0.25, 0.3) is 0 Å². The van der Waals surface area contributed by atoms with Gasteiger partial charge in [-0.3, -0.25) is 9.59 Å². The molecule has 0 aromatic heterocycles. The second kappa shape index (κ2) is 4.57. The maximum atomic E-state index is 12.2. The topological polar surface area (TPSA) is 55.4 Å². The van der Waals surface area contributed by atoms with Gasteiger partial charge in [0, 0.05) is 13.3 Å². The van der Waals surface area contributed by atoms with Crippen molar-refractivity contribution in [1.82, 2.24) is 5.32 Å². The summed E-state index contributed by atoms with van der Waals surface area (Å²) in [5, 5.41) is 2.66. The number of fused-ring (bicyclic) bond motifs is 1. The first-order valence-corrected chi connectivity index (χ1v) is 5.62. The number of ketones is 1. The molecule has 1 amide bonds. The molecule has 17 heavy (non-hydrogen) atoms. The van der Waals surface area contributed by atoms with E-state index < -0.39 is 6.04 Å². The number of rotatable bonds is 1. The van der Waals surface area contributed by atoms with Crippen LogP contribution in [-0.4, -0.2) is 24.3 Å². The zero-order valence-electron chi connectivity index (χ0n) is 9.95. The van der Waals surface area contributed by atoms with Crippen LogP contribution < -0.4 is 10.1 Å². The van der Waals surface area contributed by atoms with E-state index in [0.29, 0.717) is 24.3 Å². The van der Waals surface area contributed by atoms with Crippen molar-refractivity contribution in [3.05, 3.63) is 29.3 Å². The molecule has 4 nitrogen and oxygen atoms in total. The predicted octanol–water partition coefficient (Wildman–Crippen LogP) is 1.46. The fraction of sp³-hybridized carbons (Fsp3) is 0.385. The van der Waals surface area contributed by atoms with Crippen molar-refractivity contribution in [2.45, 2.75) is 26.3 Å². The molecule has 0 aliphatic carbocycles. The number of carbonyl (C=O) groups is 2. The summed E-state index contributed by atoms with van der Waals surface area (Å²) in [6.07, 6.45) is 0.506. The summed E-state index contributed by atoms with van der Waals surface area (Å²) in [7, 11) is 0. The molecule has 90 valence electrons. The van der Waals surface area contributed by atoms with E-state index in [2.05, 4.69) is 5.32 Å². The molecule has 0 spiro atoms. The Labute approximate surface area is 100.0 Å². The lowest BCUT2D eigenvalue weighted by Crippen LogP contribution is -2.39. The fourth-order valence-electron chi connectivity index (χ4n) is 1.95. The summed E-state index contributed by atoms with van der Waals surface area (Å²) in [4.78, 5) is 23.3. The average Bonchev–Trinajstić information content (AvgIpc) is 2.40. The highest BCUT2D eigenvalue weighted by atomic mass is 16.5. The molecular formula is C13H15NO3. The molecule has 1 N–H and O–H groups in total. The molecule has 4 heteroatoms. The fourth-order valence-corrected chi connectivity index (χ4v) is 1.95. The lowest BCUT2D eigenvalue weighted by molar-refractivity contribution is -0.119. The first-order chi connectivity index (χ1) is 8.08. The first kappa shape index (κ1) is 11.6. The van der Waals surface area contributed by atoms with E-state index in [4.69, 9.17) is 4.74 Å². The summed E-state index contributed by atoms with van der Waals surface area (Å²) in [6, 6.07) is 5.04. The number of ether oxygens (including phenoxy) is 1. The van der Waals surface area contributed by atoms with Gasteiger partial charge in [-0.05, 0) is 19.1 Å². The van der Waals surface area contributed by atoms with Crippen LogP contribution in [0.4, 0.5) is 0 Å². The molecule has 0 fully saturated rings. The third kappa shape index (κ3) is 2.46. The minimum Gasteiger partial charge on any atom is -0.493 e. The normalized spacial score (nSPS) is 18.9. The Balaban J connectivity index is 2.34. The van der Waals surface area contributed by atoms with Gasteiger partial charge in [0.1, 0.15) is 5.75 Å². The molecule has 1 aliphatic heterocycles. The zero-order valence-corrected chi connectivity index (χ0v) is 9.95. The van der Waals surface area contributed by atoms with Crippen molar-refractivity contribution in [3.63, 3.8) is 0 Å². The molecule has 0 bridgehead atoms. The lowest BCUT2D eigenvalue weighted by atomic mass is 10.0.